The molecule has 1 saturated carbocycles. The van der Waals surface area contributed by atoms with Crippen molar-refractivity contribution in [2.75, 3.05) is 11.9 Å². The largest absolute Gasteiger partial charge is 0.489 e. The van der Waals surface area contributed by atoms with Crippen LogP contribution in [-0.2, 0) is 0 Å². The minimum Gasteiger partial charge on any atom is -0.489 e. The molecule has 1 amide bonds. The predicted molar refractivity (Wildman–Crippen MR) is 95.2 cm³/mol. The van der Waals surface area contributed by atoms with Gasteiger partial charge in [0.15, 0.2) is 11.6 Å². The van der Waals surface area contributed by atoms with E-state index in [1.54, 1.807) is 18.3 Å². The second kappa shape index (κ2) is 8.06. The lowest BCUT2D eigenvalue weighted by Gasteiger charge is -2.22. The third-order valence-electron chi connectivity index (χ3n) is 4.20. The summed E-state index contributed by atoms with van der Waals surface area (Å²) < 4.78 is 5.87. The van der Waals surface area contributed by atoms with Crippen molar-refractivity contribution in [1.29, 1.82) is 0 Å². The smallest absolute Gasteiger partial charge is 0.324 e. The van der Waals surface area contributed by atoms with Gasteiger partial charge in [-0.1, -0.05) is 30.6 Å². The molecule has 3 rings (SSSR count). The highest BCUT2D eigenvalue weighted by molar-refractivity contribution is 7.17. The Kier molecular flexibility index (Phi) is 5.60. The van der Waals surface area contributed by atoms with Gasteiger partial charge in [-0.2, -0.15) is 0 Å². The average Bonchev–Trinajstić information content (AvgIpc) is 3.12. The molecule has 1 aliphatic carbocycles. The lowest BCUT2D eigenvalue weighted by Crippen LogP contribution is -2.17. The van der Waals surface area contributed by atoms with E-state index in [4.69, 9.17) is 4.74 Å². The predicted octanol–water partition coefficient (Wildman–Crippen LogP) is 4.26. The van der Waals surface area contributed by atoms with Gasteiger partial charge in [0.05, 0.1) is 16.4 Å². The number of nitro groups is 1. The van der Waals surface area contributed by atoms with Crippen LogP contribution in [-0.4, -0.2) is 22.4 Å². The number of nitrogens with zero attached hydrogens (tertiary/aromatic N) is 2. The number of thiophene rings is 1. The van der Waals surface area contributed by atoms with Crippen LogP contribution in [0.25, 0.3) is 0 Å². The summed E-state index contributed by atoms with van der Waals surface area (Å²) >= 11 is 0.831. The van der Waals surface area contributed by atoms with Crippen molar-refractivity contribution < 1.29 is 14.5 Å². The summed E-state index contributed by atoms with van der Waals surface area (Å²) in [6.45, 7) is 0.610. The van der Waals surface area contributed by atoms with Crippen LogP contribution in [0.4, 0.5) is 10.8 Å². The van der Waals surface area contributed by atoms with E-state index in [9.17, 15) is 14.9 Å². The molecule has 0 unspecified atom stereocenters. The quantitative estimate of drug-likeness (QED) is 0.613. The van der Waals surface area contributed by atoms with Crippen LogP contribution in [0.5, 0.6) is 5.75 Å². The van der Waals surface area contributed by atoms with E-state index in [-0.39, 0.29) is 9.88 Å². The summed E-state index contributed by atoms with van der Waals surface area (Å²) in [6.07, 6.45) is 7.67. The summed E-state index contributed by atoms with van der Waals surface area (Å²) in [5, 5.41) is 13.3. The van der Waals surface area contributed by atoms with Crippen molar-refractivity contribution in [3.8, 4) is 5.75 Å². The Hall–Kier alpha value is -2.48. The van der Waals surface area contributed by atoms with Crippen LogP contribution in [0.1, 0.15) is 41.8 Å². The Bertz CT molecular complexity index is 756. The van der Waals surface area contributed by atoms with Crippen LogP contribution in [0.2, 0.25) is 0 Å². The van der Waals surface area contributed by atoms with Gasteiger partial charge in [-0.05, 0) is 37.0 Å². The first-order chi connectivity index (χ1) is 12.1. The Balaban J connectivity index is 1.65. The van der Waals surface area contributed by atoms with Crippen molar-refractivity contribution in [1.82, 2.24) is 4.98 Å². The molecule has 1 N–H and O–H groups in total. The van der Waals surface area contributed by atoms with E-state index in [0.29, 0.717) is 24.1 Å². The van der Waals surface area contributed by atoms with E-state index in [2.05, 4.69) is 10.3 Å². The maximum absolute atomic E-state index is 12.3. The fourth-order valence-electron chi connectivity index (χ4n) is 2.88. The molecule has 132 valence electrons. The van der Waals surface area contributed by atoms with Gasteiger partial charge in [-0.15, -0.1) is 0 Å². The summed E-state index contributed by atoms with van der Waals surface area (Å²) in [5.74, 6) is 0.962. The van der Waals surface area contributed by atoms with Crippen molar-refractivity contribution in [3.05, 3.63) is 45.5 Å². The van der Waals surface area contributed by atoms with Gasteiger partial charge in [0, 0.05) is 12.3 Å². The van der Waals surface area contributed by atoms with E-state index in [1.165, 1.54) is 44.2 Å². The Morgan fingerprint density at radius 2 is 2.12 bits per heavy atom. The highest BCUT2D eigenvalue weighted by Gasteiger charge is 2.18. The first-order valence-corrected chi connectivity index (χ1v) is 9.08. The normalized spacial score (nSPS) is 14.9. The van der Waals surface area contributed by atoms with E-state index < -0.39 is 10.8 Å². The molecule has 2 heterocycles. The molecular formula is C17H19N3O4S. The third kappa shape index (κ3) is 4.54. The Morgan fingerprint density at radius 3 is 2.84 bits per heavy atom. The number of carbonyl (C=O) groups is 1. The highest BCUT2D eigenvalue weighted by atomic mass is 32.1. The molecule has 8 heteroatoms. The molecule has 0 aromatic carbocycles. The molecule has 0 radical (unpaired) electrons. The van der Waals surface area contributed by atoms with Crippen LogP contribution < -0.4 is 10.1 Å². The van der Waals surface area contributed by atoms with E-state index >= 15 is 0 Å². The zero-order valence-electron chi connectivity index (χ0n) is 13.6. The molecule has 2 aromatic rings. The number of pyridine rings is 1. The summed E-state index contributed by atoms with van der Waals surface area (Å²) in [4.78, 5) is 26.9. The Labute approximate surface area is 149 Å². The van der Waals surface area contributed by atoms with Gasteiger partial charge in [0.1, 0.15) is 0 Å². The summed E-state index contributed by atoms with van der Waals surface area (Å²) in [6, 6.07) is 6.27. The summed E-state index contributed by atoms with van der Waals surface area (Å²) in [7, 11) is 0. The molecule has 25 heavy (non-hydrogen) atoms. The number of hydrogen-bond donors (Lipinski definition) is 1. The first kappa shape index (κ1) is 17.3. The van der Waals surface area contributed by atoms with Gasteiger partial charge >= 0.3 is 5.00 Å². The van der Waals surface area contributed by atoms with Crippen LogP contribution in [0.3, 0.4) is 0 Å². The fraction of sp³-hybridized carbons (Fsp3) is 0.412. The molecule has 0 aliphatic heterocycles. The lowest BCUT2D eigenvalue weighted by atomic mass is 9.90. The number of ether oxygens (including phenoxy) is 1. The number of carbonyl (C=O) groups excluding carboxylic acids is 1. The van der Waals surface area contributed by atoms with Crippen molar-refractivity contribution in [2.24, 2.45) is 5.92 Å². The molecule has 0 saturated heterocycles. The molecule has 0 spiro atoms. The number of nitrogens with one attached hydrogen (secondary N) is 1. The minimum atomic E-state index is -0.513. The van der Waals surface area contributed by atoms with Crippen molar-refractivity contribution in [3.63, 3.8) is 0 Å². The number of hydrogen-bond acceptors (Lipinski definition) is 6. The fourth-order valence-corrected chi connectivity index (χ4v) is 3.60. The SMILES string of the molecule is O=C(Nc1ncccc1OCC1CCCCC1)c1ccc([N+](=O)[O-])s1. The maximum atomic E-state index is 12.3. The molecule has 1 aliphatic rings. The second-order valence-electron chi connectivity index (χ2n) is 6.01. The van der Waals surface area contributed by atoms with Crippen LogP contribution in [0.15, 0.2) is 30.5 Å². The van der Waals surface area contributed by atoms with E-state index in [0.717, 1.165) is 11.3 Å². The van der Waals surface area contributed by atoms with E-state index in [1.807, 2.05) is 0 Å². The van der Waals surface area contributed by atoms with Gasteiger partial charge in [0.25, 0.3) is 5.91 Å². The van der Waals surface area contributed by atoms with Gasteiger partial charge < -0.3 is 10.1 Å². The van der Waals surface area contributed by atoms with Crippen LogP contribution in [0, 0.1) is 16.0 Å². The van der Waals surface area contributed by atoms with Crippen molar-refractivity contribution in [2.45, 2.75) is 32.1 Å². The first-order valence-electron chi connectivity index (χ1n) is 8.27. The topological polar surface area (TPSA) is 94.4 Å². The molecule has 7 nitrogen and oxygen atoms in total. The van der Waals surface area contributed by atoms with Crippen LogP contribution >= 0.6 is 11.3 Å². The highest BCUT2D eigenvalue weighted by Crippen LogP contribution is 2.28. The zero-order valence-corrected chi connectivity index (χ0v) is 14.5. The maximum Gasteiger partial charge on any atom is 0.324 e. The molecule has 0 atom stereocenters. The standard InChI is InChI=1S/C17H19N3O4S/c21-17(14-8-9-15(25-14)20(22)23)19-16-13(7-4-10-18-16)24-11-12-5-2-1-3-6-12/h4,7-10,12H,1-3,5-6,11H2,(H,18,19,21). The Morgan fingerprint density at radius 1 is 1.32 bits per heavy atom. The average molecular weight is 361 g/mol. The minimum absolute atomic E-state index is 0.0695. The van der Waals surface area contributed by atoms with Gasteiger partial charge in [-0.3, -0.25) is 14.9 Å². The van der Waals surface area contributed by atoms with Gasteiger partial charge in [-0.25, -0.2) is 4.98 Å². The molecular weight excluding hydrogens is 342 g/mol. The zero-order chi connectivity index (χ0) is 17.6. The summed E-state index contributed by atoms with van der Waals surface area (Å²) in [5.41, 5.74) is 0. The number of rotatable bonds is 6. The second-order valence-corrected chi connectivity index (χ2v) is 7.08. The molecule has 2 aromatic heterocycles. The lowest BCUT2D eigenvalue weighted by molar-refractivity contribution is -0.380. The van der Waals surface area contributed by atoms with Crippen molar-refractivity contribution >= 4 is 28.1 Å². The van der Waals surface area contributed by atoms with Gasteiger partial charge in [0.2, 0.25) is 0 Å². The monoisotopic (exact) mass is 361 g/mol. The number of anilines is 1. The number of amides is 1. The number of aromatic nitrogens is 1. The third-order valence-corrected chi connectivity index (χ3v) is 5.23. The molecule has 0 bridgehead atoms. The molecule has 1 fully saturated rings.